The van der Waals surface area contributed by atoms with Crippen LogP contribution < -0.4 is 5.73 Å². The van der Waals surface area contributed by atoms with Crippen LogP contribution in [-0.2, 0) is 0 Å². The van der Waals surface area contributed by atoms with Crippen LogP contribution in [0.25, 0.3) is 0 Å². The molecule has 0 unspecified atom stereocenters. The fraction of sp³-hybridized carbons (Fsp3) is 0.600. The zero-order valence-electron chi connectivity index (χ0n) is 15.1. The van der Waals surface area contributed by atoms with Crippen molar-refractivity contribution in [1.82, 2.24) is 4.90 Å². The molecule has 1 saturated heterocycles. The summed E-state index contributed by atoms with van der Waals surface area (Å²) < 4.78 is 0. The second-order valence-corrected chi connectivity index (χ2v) is 7.74. The highest BCUT2D eigenvalue weighted by Gasteiger charge is 2.39. The molecule has 5 nitrogen and oxygen atoms in total. The summed E-state index contributed by atoms with van der Waals surface area (Å²) in [5.74, 6) is 1.04. The summed E-state index contributed by atoms with van der Waals surface area (Å²) in [7, 11) is 0. The maximum atomic E-state index is 12.9. The second-order valence-electron chi connectivity index (χ2n) is 7.74. The van der Waals surface area contributed by atoms with Gasteiger partial charge in [0.15, 0.2) is 5.84 Å². The van der Waals surface area contributed by atoms with Gasteiger partial charge in [-0.1, -0.05) is 30.6 Å². The zero-order valence-corrected chi connectivity index (χ0v) is 15.1. The number of nitrogens with zero attached hydrogens (tertiary/aromatic N) is 2. The van der Waals surface area contributed by atoms with E-state index < -0.39 is 0 Å². The Morgan fingerprint density at radius 3 is 2.48 bits per heavy atom. The average Bonchev–Trinajstić information content (AvgIpc) is 2.67. The number of oxime groups is 1. The predicted molar refractivity (Wildman–Crippen MR) is 98.8 cm³/mol. The molecule has 1 aromatic rings. The number of hydrogen-bond donors (Lipinski definition) is 2. The van der Waals surface area contributed by atoms with Gasteiger partial charge in [0, 0.05) is 24.2 Å². The van der Waals surface area contributed by atoms with Gasteiger partial charge in [-0.2, -0.15) is 0 Å². The van der Waals surface area contributed by atoms with Crippen molar-refractivity contribution in [2.24, 2.45) is 22.2 Å². The van der Waals surface area contributed by atoms with E-state index in [-0.39, 0.29) is 11.7 Å². The summed E-state index contributed by atoms with van der Waals surface area (Å²) in [6.45, 7) is 4.03. The number of benzene rings is 1. The molecule has 0 atom stereocenters. The van der Waals surface area contributed by atoms with Crippen LogP contribution in [0.1, 0.15) is 67.8 Å². The van der Waals surface area contributed by atoms with Crippen molar-refractivity contribution < 1.29 is 10.0 Å². The number of rotatable bonds is 3. The molecule has 3 rings (SSSR count). The molecule has 136 valence electrons. The van der Waals surface area contributed by atoms with Crippen LogP contribution in [0.5, 0.6) is 0 Å². The molecule has 1 heterocycles. The van der Waals surface area contributed by atoms with Gasteiger partial charge in [-0.25, -0.2) is 0 Å². The fourth-order valence-corrected chi connectivity index (χ4v) is 4.51. The number of piperidine rings is 1. The Morgan fingerprint density at radius 2 is 1.88 bits per heavy atom. The van der Waals surface area contributed by atoms with Crippen LogP contribution in [-0.4, -0.2) is 34.9 Å². The Balaban J connectivity index is 1.68. The molecule has 0 radical (unpaired) electrons. The molecule has 1 aliphatic heterocycles. The van der Waals surface area contributed by atoms with Crippen LogP contribution in [0.4, 0.5) is 0 Å². The molecule has 1 spiro atoms. The first kappa shape index (κ1) is 17.8. The molecule has 1 aliphatic carbocycles. The maximum absolute atomic E-state index is 12.9. The van der Waals surface area contributed by atoms with Gasteiger partial charge in [0.25, 0.3) is 5.91 Å². The molecule has 0 bridgehead atoms. The highest BCUT2D eigenvalue weighted by atomic mass is 16.4. The number of carbonyl (C=O) groups is 1. The average molecular weight is 343 g/mol. The van der Waals surface area contributed by atoms with E-state index in [1.807, 2.05) is 4.90 Å². The van der Waals surface area contributed by atoms with Crippen molar-refractivity contribution in [1.29, 1.82) is 0 Å². The number of likely N-dealkylation sites (tertiary alicyclic amines) is 1. The molecule has 0 aromatic heterocycles. The molecule has 2 aliphatic rings. The van der Waals surface area contributed by atoms with Gasteiger partial charge in [-0.3, -0.25) is 4.79 Å². The molecule has 1 aromatic carbocycles. The fourth-order valence-electron chi connectivity index (χ4n) is 4.51. The lowest BCUT2D eigenvalue weighted by atomic mass is 9.66. The van der Waals surface area contributed by atoms with E-state index in [1.54, 1.807) is 24.3 Å². The molecular formula is C20H29N3O2. The molecule has 2 fully saturated rings. The Hall–Kier alpha value is -2.04. The molecule has 5 heteroatoms. The van der Waals surface area contributed by atoms with E-state index in [0.717, 1.165) is 25.4 Å². The molecule has 3 N–H and O–H groups in total. The third-order valence-electron chi connectivity index (χ3n) is 6.23. The monoisotopic (exact) mass is 343 g/mol. The maximum Gasteiger partial charge on any atom is 0.253 e. The van der Waals surface area contributed by atoms with Crippen molar-refractivity contribution in [3.05, 3.63) is 35.4 Å². The molecule has 1 saturated carbocycles. The van der Waals surface area contributed by atoms with E-state index in [9.17, 15) is 4.79 Å². The van der Waals surface area contributed by atoms with Crippen molar-refractivity contribution >= 4 is 11.7 Å². The number of amides is 1. The van der Waals surface area contributed by atoms with Crippen molar-refractivity contribution in [3.8, 4) is 0 Å². The van der Waals surface area contributed by atoms with E-state index in [0.29, 0.717) is 16.5 Å². The lowest BCUT2D eigenvalue weighted by Crippen LogP contribution is -2.47. The van der Waals surface area contributed by atoms with Crippen molar-refractivity contribution in [2.45, 2.75) is 51.9 Å². The van der Waals surface area contributed by atoms with E-state index in [2.05, 4.69) is 12.1 Å². The number of hydrogen-bond acceptors (Lipinski definition) is 3. The van der Waals surface area contributed by atoms with Gasteiger partial charge in [0.05, 0.1) is 0 Å². The lowest BCUT2D eigenvalue weighted by Gasteiger charge is -2.47. The Kier molecular flexibility index (Phi) is 5.30. The third-order valence-corrected chi connectivity index (χ3v) is 6.23. The molecular weight excluding hydrogens is 314 g/mol. The largest absolute Gasteiger partial charge is 0.409 e. The first-order valence-corrected chi connectivity index (χ1v) is 9.44. The van der Waals surface area contributed by atoms with Crippen LogP contribution in [0.15, 0.2) is 29.4 Å². The number of nitrogens with two attached hydrogens (primary N) is 1. The highest BCUT2D eigenvalue weighted by molar-refractivity contribution is 5.99. The van der Waals surface area contributed by atoms with Gasteiger partial charge in [0.2, 0.25) is 0 Å². The summed E-state index contributed by atoms with van der Waals surface area (Å²) in [5, 5.41) is 11.7. The van der Waals surface area contributed by atoms with Crippen molar-refractivity contribution in [3.63, 3.8) is 0 Å². The Labute approximate surface area is 149 Å². The SMILES string of the molecule is CCC1CCC2(CCCN(C(=O)c3ccc(/C(N)=N/O)cc3)C2)CC1. The first-order chi connectivity index (χ1) is 12.1. The van der Waals surface area contributed by atoms with Gasteiger partial charge in [-0.05, 0) is 62.0 Å². The minimum absolute atomic E-state index is 0.0589. The molecule has 1 amide bonds. The minimum atomic E-state index is 0.0589. The summed E-state index contributed by atoms with van der Waals surface area (Å²) >= 11 is 0. The van der Waals surface area contributed by atoms with Gasteiger partial charge in [0.1, 0.15) is 0 Å². The van der Waals surface area contributed by atoms with Gasteiger partial charge >= 0.3 is 0 Å². The smallest absolute Gasteiger partial charge is 0.253 e. The van der Waals surface area contributed by atoms with Crippen LogP contribution in [0.2, 0.25) is 0 Å². The zero-order chi connectivity index (χ0) is 17.9. The van der Waals surface area contributed by atoms with Gasteiger partial charge in [-0.15, -0.1) is 0 Å². The summed E-state index contributed by atoms with van der Waals surface area (Å²) in [6, 6.07) is 7.00. The van der Waals surface area contributed by atoms with Crippen molar-refractivity contribution in [2.75, 3.05) is 13.1 Å². The summed E-state index contributed by atoms with van der Waals surface area (Å²) in [5.41, 5.74) is 7.22. The summed E-state index contributed by atoms with van der Waals surface area (Å²) in [4.78, 5) is 14.9. The second kappa shape index (κ2) is 7.46. The third kappa shape index (κ3) is 3.80. The van der Waals surface area contributed by atoms with Crippen LogP contribution >= 0.6 is 0 Å². The summed E-state index contributed by atoms with van der Waals surface area (Å²) in [6.07, 6.45) is 8.79. The minimum Gasteiger partial charge on any atom is -0.409 e. The lowest BCUT2D eigenvalue weighted by molar-refractivity contribution is 0.0307. The van der Waals surface area contributed by atoms with Gasteiger partial charge < -0.3 is 15.8 Å². The quantitative estimate of drug-likeness (QED) is 0.381. The topological polar surface area (TPSA) is 78.9 Å². The number of carbonyl (C=O) groups excluding carboxylic acids is 1. The Bertz CT molecular complexity index is 631. The molecule has 25 heavy (non-hydrogen) atoms. The normalized spacial score (nSPS) is 27.5. The highest BCUT2D eigenvalue weighted by Crippen LogP contribution is 2.45. The van der Waals surface area contributed by atoms with E-state index in [1.165, 1.54) is 38.5 Å². The van der Waals surface area contributed by atoms with E-state index >= 15 is 0 Å². The van der Waals surface area contributed by atoms with Crippen LogP contribution in [0, 0.1) is 11.3 Å². The van der Waals surface area contributed by atoms with E-state index in [4.69, 9.17) is 10.9 Å². The first-order valence-electron chi connectivity index (χ1n) is 9.44. The number of amidine groups is 1. The standard InChI is InChI=1S/C20H29N3O2/c1-2-15-8-11-20(12-9-15)10-3-13-23(14-20)19(24)17-6-4-16(5-7-17)18(21)22-25/h4-7,15,25H,2-3,8-14H2,1H3,(H2,21,22). The Morgan fingerprint density at radius 1 is 1.24 bits per heavy atom. The van der Waals surface area contributed by atoms with Crippen LogP contribution in [0.3, 0.4) is 0 Å². The predicted octanol–water partition coefficient (Wildman–Crippen LogP) is 3.60.